The van der Waals surface area contributed by atoms with Crippen LogP contribution in [0.15, 0.2) is 9.59 Å². The summed E-state index contributed by atoms with van der Waals surface area (Å²) in [5.41, 5.74) is -0.983. The lowest BCUT2D eigenvalue weighted by Crippen LogP contribution is -2.51. The number of hydrogen-bond acceptors (Lipinski definition) is 6. The fourth-order valence-corrected chi connectivity index (χ4v) is 4.80. The Bertz CT molecular complexity index is 1150. The third-order valence-electron chi connectivity index (χ3n) is 5.16. The number of carbonyl (C=O) groups excluding carboxylic acids is 2. The molecule has 176 valence electrons. The Morgan fingerprint density at radius 1 is 1.12 bits per heavy atom. The maximum Gasteiger partial charge on any atom is 0.390 e. The van der Waals surface area contributed by atoms with E-state index in [1.54, 1.807) is 13.8 Å². The van der Waals surface area contributed by atoms with Gasteiger partial charge >= 0.3 is 23.7 Å². The van der Waals surface area contributed by atoms with Gasteiger partial charge in [-0.3, -0.25) is 23.5 Å². The van der Waals surface area contributed by atoms with Crippen LogP contribution in [-0.4, -0.2) is 58.3 Å². The Kier molecular flexibility index (Phi) is 7.08. The number of nitrogens with zero attached hydrogens (tertiary/aromatic N) is 3. The molecular weight excluding hydrogens is 453 g/mol. The summed E-state index contributed by atoms with van der Waals surface area (Å²) in [4.78, 5) is 51.7. The van der Waals surface area contributed by atoms with Gasteiger partial charge in [0.2, 0.25) is 0 Å². The zero-order chi connectivity index (χ0) is 23.6. The van der Waals surface area contributed by atoms with Crippen LogP contribution >= 0.6 is 11.3 Å². The molecule has 1 N–H and O–H groups in total. The van der Waals surface area contributed by atoms with E-state index in [0.29, 0.717) is 17.0 Å². The minimum atomic E-state index is -4.49. The van der Waals surface area contributed by atoms with Crippen LogP contribution in [0.25, 0.3) is 10.2 Å². The highest BCUT2D eigenvalue weighted by Gasteiger charge is 2.30. The molecule has 3 rings (SSSR count). The van der Waals surface area contributed by atoms with Crippen molar-refractivity contribution in [2.45, 2.75) is 46.1 Å². The van der Waals surface area contributed by atoms with Crippen molar-refractivity contribution in [3.05, 3.63) is 31.3 Å². The number of hydrogen-bond donors (Lipinski definition) is 1. The predicted octanol–water partition coefficient (Wildman–Crippen LogP) is 0.980. The van der Waals surface area contributed by atoms with Crippen LogP contribution in [0.2, 0.25) is 0 Å². The molecule has 2 amide bonds. The summed E-state index contributed by atoms with van der Waals surface area (Å²) < 4.78 is 45.7. The smallest absolute Gasteiger partial charge is 0.380 e. The van der Waals surface area contributed by atoms with E-state index < -0.39 is 42.2 Å². The maximum atomic E-state index is 13.1. The second kappa shape index (κ2) is 9.45. The molecule has 0 saturated carbocycles. The van der Waals surface area contributed by atoms with E-state index in [1.807, 2.05) is 0 Å². The maximum absolute atomic E-state index is 13.1. The number of thiophene rings is 1. The van der Waals surface area contributed by atoms with E-state index in [-0.39, 0.29) is 43.0 Å². The summed E-state index contributed by atoms with van der Waals surface area (Å²) in [7, 11) is 0. The zero-order valence-electron chi connectivity index (χ0n) is 17.6. The number of piperazine rings is 1. The number of alkyl halides is 3. The molecule has 9 nitrogen and oxygen atoms in total. The monoisotopic (exact) mass is 476 g/mol. The van der Waals surface area contributed by atoms with E-state index in [1.165, 1.54) is 4.90 Å². The molecule has 1 aliphatic rings. The Labute approximate surface area is 184 Å². The molecule has 0 radical (unpaired) electrons. The lowest BCUT2D eigenvalue weighted by atomic mass is 10.2. The van der Waals surface area contributed by atoms with Gasteiger partial charge in [0.25, 0.3) is 5.56 Å². The topological polar surface area (TPSA) is 103 Å². The number of fused-ring (bicyclic) bond motifs is 1. The number of ether oxygens (including phenoxy) is 1. The van der Waals surface area contributed by atoms with Crippen molar-refractivity contribution < 1.29 is 27.5 Å². The second-order valence-corrected chi connectivity index (χ2v) is 8.35. The number of halogens is 3. The molecular formula is C19H23F3N4O5S. The number of amides is 2. The summed E-state index contributed by atoms with van der Waals surface area (Å²) in [5.74, 6) is -1.47. The van der Waals surface area contributed by atoms with Crippen LogP contribution in [0.1, 0.15) is 23.8 Å². The molecule has 0 unspecified atom stereocenters. The first kappa shape index (κ1) is 24.0. The van der Waals surface area contributed by atoms with Gasteiger partial charge in [-0.1, -0.05) is 0 Å². The van der Waals surface area contributed by atoms with Gasteiger partial charge in [0.1, 0.15) is 4.83 Å². The molecule has 3 heterocycles. The molecule has 2 aromatic heterocycles. The van der Waals surface area contributed by atoms with E-state index >= 15 is 0 Å². The first-order valence-corrected chi connectivity index (χ1v) is 10.8. The molecule has 0 aromatic carbocycles. The largest absolute Gasteiger partial charge is 0.390 e. The van der Waals surface area contributed by atoms with Crippen molar-refractivity contribution in [1.82, 2.24) is 19.4 Å². The van der Waals surface area contributed by atoms with Crippen LogP contribution in [0.3, 0.4) is 0 Å². The molecule has 1 aliphatic heterocycles. The molecule has 0 bridgehead atoms. The minimum absolute atomic E-state index is 0.0171. The zero-order valence-corrected chi connectivity index (χ0v) is 18.4. The van der Waals surface area contributed by atoms with Gasteiger partial charge in [-0.15, -0.1) is 11.3 Å². The molecule has 0 spiro atoms. The summed E-state index contributed by atoms with van der Waals surface area (Å²) >= 11 is 0.989. The number of carbonyl (C=O) groups is 2. The van der Waals surface area contributed by atoms with Crippen molar-refractivity contribution in [1.29, 1.82) is 0 Å². The van der Waals surface area contributed by atoms with E-state index in [4.69, 9.17) is 4.74 Å². The van der Waals surface area contributed by atoms with Gasteiger partial charge < -0.3 is 15.0 Å². The Balaban J connectivity index is 2.10. The van der Waals surface area contributed by atoms with E-state index in [9.17, 15) is 32.3 Å². The van der Waals surface area contributed by atoms with Gasteiger partial charge in [-0.2, -0.15) is 13.2 Å². The van der Waals surface area contributed by atoms with Gasteiger partial charge in [0, 0.05) is 31.1 Å². The molecule has 13 heteroatoms. The van der Waals surface area contributed by atoms with Gasteiger partial charge in [0.05, 0.1) is 31.5 Å². The number of nitrogens with one attached hydrogen (secondary N) is 1. The molecule has 0 atom stereocenters. The van der Waals surface area contributed by atoms with Crippen molar-refractivity contribution in [2.24, 2.45) is 0 Å². The predicted molar refractivity (Wildman–Crippen MR) is 111 cm³/mol. The van der Waals surface area contributed by atoms with Gasteiger partial charge in [0.15, 0.2) is 0 Å². The molecule has 0 aliphatic carbocycles. The van der Waals surface area contributed by atoms with Crippen LogP contribution in [0, 0.1) is 6.92 Å². The average molecular weight is 476 g/mol. The third-order valence-corrected chi connectivity index (χ3v) is 6.46. The van der Waals surface area contributed by atoms with Gasteiger partial charge in [-0.05, 0) is 19.4 Å². The van der Waals surface area contributed by atoms with Gasteiger partial charge in [-0.25, -0.2) is 4.79 Å². The average Bonchev–Trinajstić information content (AvgIpc) is 3.03. The third kappa shape index (κ3) is 4.88. The van der Waals surface area contributed by atoms with Crippen LogP contribution in [0.4, 0.5) is 13.2 Å². The number of rotatable bonds is 8. The summed E-state index contributed by atoms with van der Waals surface area (Å²) in [5, 5.41) is 2.57. The first-order valence-electron chi connectivity index (χ1n) is 10.0. The summed E-state index contributed by atoms with van der Waals surface area (Å²) in [6.07, 6.45) is -5.72. The second-order valence-electron chi connectivity index (χ2n) is 7.27. The highest BCUT2D eigenvalue weighted by atomic mass is 32.1. The van der Waals surface area contributed by atoms with Crippen LogP contribution in [-0.2, 0) is 34.0 Å². The molecule has 1 fully saturated rings. The molecule has 32 heavy (non-hydrogen) atoms. The van der Waals surface area contributed by atoms with Crippen LogP contribution < -0.4 is 16.6 Å². The molecule has 1 saturated heterocycles. The molecule has 2 aromatic rings. The SMILES string of the molecule is CCOCCn1c(=O)c2c(C)c(CN3CCNC(=O)C3=O)sc2n(CCC(F)(F)F)c1=O. The Morgan fingerprint density at radius 2 is 1.84 bits per heavy atom. The lowest BCUT2D eigenvalue weighted by Gasteiger charge is -2.26. The van der Waals surface area contributed by atoms with E-state index in [2.05, 4.69) is 5.32 Å². The Hall–Kier alpha value is -2.67. The normalized spacial score (nSPS) is 15.0. The van der Waals surface area contributed by atoms with Crippen molar-refractivity contribution in [2.75, 3.05) is 26.3 Å². The summed E-state index contributed by atoms with van der Waals surface area (Å²) in [6, 6.07) is 0. The van der Waals surface area contributed by atoms with Crippen molar-refractivity contribution in [3.8, 4) is 0 Å². The minimum Gasteiger partial charge on any atom is -0.380 e. The number of aryl methyl sites for hydroxylation is 2. The standard InChI is InChI=1S/C19H23F3N4O5S/c1-3-31-9-8-25-15(28)13-11(2)12(10-24-7-5-23-14(27)16(24)29)32-17(13)26(18(25)30)6-4-19(20,21)22/h3-10H2,1-2H3,(H,23,27). The number of aromatic nitrogens is 2. The Morgan fingerprint density at radius 3 is 2.50 bits per heavy atom. The van der Waals surface area contributed by atoms with Crippen molar-refractivity contribution in [3.63, 3.8) is 0 Å². The van der Waals surface area contributed by atoms with Crippen LogP contribution in [0.5, 0.6) is 0 Å². The summed E-state index contributed by atoms with van der Waals surface area (Å²) in [6.45, 7) is 3.60. The van der Waals surface area contributed by atoms with Crippen molar-refractivity contribution >= 4 is 33.4 Å². The highest BCUT2D eigenvalue weighted by Crippen LogP contribution is 2.30. The quantitative estimate of drug-likeness (QED) is 0.452. The lowest BCUT2D eigenvalue weighted by molar-refractivity contribution is -0.148. The fourth-order valence-electron chi connectivity index (χ4n) is 3.47. The first-order chi connectivity index (χ1) is 15.0. The van der Waals surface area contributed by atoms with E-state index in [0.717, 1.165) is 20.5 Å². The fraction of sp³-hybridized carbons (Fsp3) is 0.579. The highest BCUT2D eigenvalue weighted by molar-refractivity contribution is 7.18.